The van der Waals surface area contributed by atoms with Gasteiger partial charge in [-0.15, -0.1) is 0 Å². The van der Waals surface area contributed by atoms with Crippen LogP contribution < -0.4 is 4.89 Å². The molecular weight excluding hydrogens is 741 g/mol. The first-order valence-electron chi connectivity index (χ1n) is 22.1. The third-order valence-corrected chi connectivity index (χ3v) is 10.4. The zero-order valence-electron chi connectivity index (χ0n) is 36.5. The van der Waals surface area contributed by atoms with Crippen molar-refractivity contribution in [3.63, 3.8) is 0 Å². The van der Waals surface area contributed by atoms with Gasteiger partial charge < -0.3 is 32.6 Å². The molecule has 0 aromatic carbocycles. The lowest BCUT2D eigenvalue weighted by Gasteiger charge is -2.28. The van der Waals surface area contributed by atoms with Crippen molar-refractivity contribution in [1.29, 1.82) is 0 Å². The summed E-state index contributed by atoms with van der Waals surface area (Å²) < 4.78 is 39.7. The van der Waals surface area contributed by atoms with E-state index in [9.17, 15) is 19.0 Å². The number of carbonyl (C=O) groups excluding carboxylic acids is 2. The van der Waals surface area contributed by atoms with E-state index < -0.39 is 32.5 Å². The highest BCUT2D eigenvalue weighted by Gasteiger charge is 2.36. The van der Waals surface area contributed by atoms with Gasteiger partial charge in [0.2, 0.25) is 0 Å². The minimum absolute atomic E-state index is 0.0439. The number of hydrogen-bond acceptors (Lipinski definition) is 9. The standard InChI is InChI=1S/C46H80NO9P/c1-6-8-10-12-14-15-16-17-18-19-20-21-22-23-24-28-33-37-46(49)55-42(41-54-57(50,51)53-39-38-47(3,4)5)40-52-45(48)36-32-29-25-27-31-35-44-43(56-44)34-30-26-13-11-9-7-2/h8,10,14-15,17-18,20-21,26,30,42-44H,6-7,9,11-13,16,19,22-25,27-29,31-41H2,1-5H3/b10-8-,15-14-,18-17-,21-20-,30-26-/t42-,43?,44?/m1/s1. The first-order chi connectivity index (χ1) is 27.5. The van der Waals surface area contributed by atoms with Gasteiger partial charge in [0.25, 0.3) is 7.82 Å². The molecule has 0 aromatic heterocycles. The number of rotatable bonds is 38. The molecule has 1 aliphatic heterocycles. The van der Waals surface area contributed by atoms with Gasteiger partial charge in [0, 0.05) is 12.8 Å². The highest BCUT2D eigenvalue weighted by atomic mass is 31.2. The third kappa shape index (κ3) is 35.3. The number of allylic oxidation sites excluding steroid dienone is 9. The van der Waals surface area contributed by atoms with E-state index in [-0.39, 0.29) is 26.1 Å². The van der Waals surface area contributed by atoms with Crippen LogP contribution in [0.1, 0.15) is 155 Å². The van der Waals surface area contributed by atoms with Crippen molar-refractivity contribution in [2.45, 2.75) is 173 Å². The van der Waals surface area contributed by atoms with E-state index in [4.69, 9.17) is 23.3 Å². The van der Waals surface area contributed by atoms with Crippen molar-refractivity contribution in [1.82, 2.24) is 0 Å². The monoisotopic (exact) mass is 822 g/mol. The van der Waals surface area contributed by atoms with Crippen molar-refractivity contribution in [3.05, 3.63) is 60.8 Å². The minimum atomic E-state index is -4.64. The molecule has 0 amide bonds. The largest absolute Gasteiger partial charge is 0.756 e. The number of likely N-dealkylation sites (N-methyl/N-ethyl adjacent to an activating group) is 1. The van der Waals surface area contributed by atoms with Crippen LogP contribution in [0.4, 0.5) is 0 Å². The molecule has 4 atom stereocenters. The first-order valence-corrected chi connectivity index (χ1v) is 23.6. The van der Waals surface area contributed by atoms with Crippen LogP contribution in [0.25, 0.3) is 0 Å². The van der Waals surface area contributed by atoms with Crippen LogP contribution >= 0.6 is 7.82 Å². The fraction of sp³-hybridized carbons (Fsp3) is 0.739. The molecule has 0 aliphatic carbocycles. The summed E-state index contributed by atoms with van der Waals surface area (Å²) in [4.78, 5) is 37.6. The smallest absolute Gasteiger partial charge is 0.306 e. The summed E-state index contributed by atoms with van der Waals surface area (Å²) >= 11 is 0. The van der Waals surface area contributed by atoms with E-state index in [0.29, 0.717) is 36.1 Å². The molecule has 0 spiro atoms. The fourth-order valence-corrected chi connectivity index (χ4v) is 6.61. The summed E-state index contributed by atoms with van der Waals surface area (Å²) in [6.45, 7) is 4.01. The van der Waals surface area contributed by atoms with Crippen LogP contribution in [0.3, 0.4) is 0 Å². The Morgan fingerprint density at radius 3 is 1.88 bits per heavy atom. The lowest BCUT2D eigenvalue weighted by Crippen LogP contribution is -2.37. The molecule has 328 valence electrons. The lowest BCUT2D eigenvalue weighted by molar-refractivity contribution is -0.870. The van der Waals surface area contributed by atoms with Gasteiger partial charge in [-0.25, -0.2) is 0 Å². The quantitative estimate of drug-likeness (QED) is 0.0149. The molecule has 0 saturated carbocycles. The molecule has 1 aliphatic rings. The molecule has 0 bridgehead atoms. The van der Waals surface area contributed by atoms with Crippen molar-refractivity contribution in [2.75, 3.05) is 47.5 Å². The van der Waals surface area contributed by atoms with Gasteiger partial charge >= 0.3 is 11.9 Å². The Morgan fingerprint density at radius 1 is 0.667 bits per heavy atom. The highest BCUT2D eigenvalue weighted by Crippen LogP contribution is 2.38. The molecule has 3 unspecified atom stereocenters. The fourth-order valence-electron chi connectivity index (χ4n) is 5.89. The van der Waals surface area contributed by atoms with Gasteiger partial charge in [0.1, 0.15) is 19.8 Å². The van der Waals surface area contributed by atoms with Gasteiger partial charge in [-0.1, -0.05) is 126 Å². The normalized spacial score (nSPS) is 17.7. The maximum Gasteiger partial charge on any atom is 0.306 e. The van der Waals surface area contributed by atoms with Gasteiger partial charge in [0.05, 0.1) is 40.0 Å². The van der Waals surface area contributed by atoms with Gasteiger partial charge in [-0.05, 0) is 77.0 Å². The summed E-state index contributed by atoms with van der Waals surface area (Å²) in [6, 6.07) is 0. The zero-order chi connectivity index (χ0) is 41.9. The average Bonchev–Trinajstić information content (AvgIpc) is 3.92. The Labute approximate surface area is 347 Å². The predicted octanol–water partition coefficient (Wildman–Crippen LogP) is 10.8. The van der Waals surface area contributed by atoms with Crippen LogP contribution in [0.5, 0.6) is 0 Å². The first kappa shape index (κ1) is 52.7. The third-order valence-electron chi connectivity index (χ3n) is 9.45. The van der Waals surface area contributed by atoms with Gasteiger partial charge in [-0.3, -0.25) is 14.2 Å². The number of esters is 2. The molecule has 1 saturated heterocycles. The maximum absolute atomic E-state index is 12.7. The van der Waals surface area contributed by atoms with Crippen molar-refractivity contribution in [2.24, 2.45) is 0 Å². The van der Waals surface area contributed by atoms with Crippen molar-refractivity contribution in [3.8, 4) is 0 Å². The maximum atomic E-state index is 12.7. The molecule has 57 heavy (non-hydrogen) atoms. The number of nitrogens with zero attached hydrogens (tertiary/aromatic N) is 1. The van der Waals surface area contributed by atoms with E-state index in [1.54, 1.807) is 0 Å². The number of phosphoric ester groups is 1. The van der Waals surface area contributed by atoms with E-state index in [2.05, 4.69) is 74.6 Å². The second-order valence-corrected chi connectivity index (χ2v) is 17.5. The van der Waals surface area contributed by atoms with Crippen LogP contribution in [0.2, 0.25) is 0 Å². The van der Waals surface area contributed by atoms with Gasteiger partial charge in [-0.2, -0.15) is 0 Å². The molecule has 1 rings (SSSR count). The number of quaternary nitrogens is 1. The minimum Gasteiger partial charge on any atom is -0.756 e. The van der Waals surface area contributed by atoms with Crippen LogP contribution in [0.15, 0.2) is 60.8 Å². The van der Waals surface area contributed by atoms with Crippen LogP contribution in [0, 0.1) is 0 Å². The molecule has 1 fully saturated rings. The predicted molar refractivity (Wildman–Crippen MR) is 231 cm³/mol. The summed E-state index contributed by atoms with van der Waals surface area (Å²) in [6.07, 6.45) is 42.6. The van der Waals surface area contributed by atoms with E-state index in [1.807, 2.05) is 21.1 Å². The number of carbonyl (C=O) groups is 2. The van der Waals surface area contributed by atoms with Crippen molar-refractivity contribution < 1.29 is 46.8 Å². The van der Waals surface area contributed by atoms with E-state index in [0.717, 1.165) is 96.3 Å². The number of phosphoric acid groups is 1. The van der Waals surface area contributed by atoms with Crippen LogP contribution in [-0.4, -0.2) is 82.2 Å². The number of unbranched alkanes of at least 4 members (excludes halogenated alkanes) is 11. The topological polar surface area (TPSA) is 124 Å². The summed E-state index contributed by atoms with van der Waals surface area (Å²) in [5.41, 5.74) is 0. The highest BCUT2D eigenvalue weighted by molar-refractivity contribution is 7.45. The molecule has 1 heterocycles. The van der Waals surface area contributed by atoms with Crippen molar-refractivity contribution >= 4 is 19.8 Å². The lowest BCUT2D eigenvalue weighted by atomic mass is 10.1. The Morgan fingerprint density at radius 2 is 1.23 bits per heavy atom. The summed E-state index contributed by atoms with van der Waals surface area (Å²) in [5, 5.41) is 0. The zero-order valence-corrected chi connectivity index (χ0v) is 37.4. The van der Waals surface area contributed by atoms with Gasteiger partial charge in [0.15, 0.2) is 6.10 Å². The number of epoxide rings is 1. The average molecular weight is 822 g/mol. The molecular formula is C46H80NO9P. The molecule has 11 heteroatoms. The van der Waals surface area contributed by atoms with E-state index in [1.165, 1.54) is 19.3 Å². The Bertz CT molecular complexity index is 1220. The Kier molecular flexibility index (Phi) is 31.9. The summed E-state index contributed by atoms with van der Waals surface area (Å²) in [7, 11) is 1.12. The Hall–Kier alpha value is -2.33. The number of ether oxygens (including phenoxy) is 3. The van der Waals surface area contributed by atoms with E-state index >= 15 is 0 Å². The molecule has 0 aromatic rings. The molecule has 10 nitrogen and oxygen atoms in total. The number of hydrogen-bond donors (Lipinski definition) is 0. The molecule has 0 radical (unpaired) electrons. The Balaban J connectivity index is 2.31. The second kappa shape index (κ2) is 34.5. The second-order valence-electron chi connectivity index (χ2n) is 16.1. The SMILES string of the molecule is CC/C=C\C/C=C\C/C=C\C/C=C\CCCCCCC(=O)O[C@H](COC(=O)CCCCCCCC1OC1C/C=C\CCCCC)COP(=O)([O-])OCC[N+](C)(C)C. The molecule has 0 N–H and O–H groups in total. The van der Waals surface area contributed by atoms with Crippen LogP contribution in [-0.2, 0) is 37.4 Å². The summed E-state index contributed by atoms with van der Waals surface area (Å²) in [5.74, 6) is -0.891.